The molecule has 1 aromatic rings. The van der Waals surface area contributed by atoms with Crippen LogP contribution in [0.25, 0.3) is 0 Å². The zero-order valence-electron chi connectivity index (χ0n) is 9.89. The Morgan fingerprint density at radius 1 is 1.53 bits per heavy atom. The van der Waals surface area contributed by atoms with Gasteiger partial charge >= 0.3 is 0 Å². The minimum absolute atomic E-state index is 0.0210. The molecule has 0 fully saturated rings. The summed E-state index contributed by atoms with van der Waals surface area (Å²) in [5.41, 5.74) is 0.520. The topological polar surface area (TPSA) is 63.4 Å². The molecule has 0 aliphatic heterocycles. The zero-order valence-corrected chi connectivity index (χ0v) is 10.6. The van der Waals surface area contributed by atoms with E-state index in [9.17, 15) is 15.2 Å². The molecule has 0 heterocycles. The number of nitrogens with zero attached hydrogens (tertiary/aromatic N) is 1. The van der Waals surface area contributed by atoms with Crippen molar-refractivity contribution < 1.29 is 10.0 Å². The van der Waals surface area contributed by atoms with Crippen LogP contribution in [-0.4, -0.2) is 16.1 Å². The van der Waals surface area contributed by atoms with Crippen LogP contribution < -0.4 is 0 Å². The van der Waals surface area contributed by atoms with Gasteiger partial charge in [-0.3, -0.25) is 10.1 Å². The number of hydrogen-bond acceptors (Lipinski definition) is 3. The van der Waals surface area contributed by atoms with Gasteiger partial charge in [0.2, 0.25) is 0 Å². The molecule has 0 saturated heterocycles. The highest BCUT2D eigenvalue weighted by atomic mass is 35.5. The number of aliphatic hydroxyl groups excluding tert-OH is 1. The summed E-state index contributed by atoms with van der Waals surface area (Å²) in [5, 5.41) is 21.0. The molecule has 0 saturated carbocycles. The second kappa shape index (κ2) is 5.98. The lowest BCUT2D eigenvalue weighted by molar-refractivity contribution is -0.385. The monoisotopic (exact) mass is 257 g/mol. The highest BCUT2D eigenvalue weighted by Gasteiger charge is 2.21. The first kappa shape index (κ1) is 13.9. The Labute approximate surface area is 105 Å². The molecule has 94 valence electrons. The quantitative estimate of drug-likeness (QED) is 0.651. The molecular weight excluding hydrogens is 242 g/mol. The van der Waals surface area contributed by atoms with Crippen LogP contribution in [0.3, 0.4) is 0 Å². The SMILES string of the molecule is CCC(O)C(C)Cc1c(Cl)cccc1[N+](=O)[O-]. The third-order valence-electron chi connectivity index (χ3n) is 2.89. The Bertz CT molecular complexity index is 409. The molecule has 2 atom stereocenters. The van der Waals surface area contributed by atoms with Gasteiger partial charge in [-0.05, 0) is 24.8 Å². The zero-order chi connectivity index (χ0) is 13.0. The molecule has 4 nitrogen and oxygen atoms in total. The predicted molar refractivity (Wildman–Crippen MR) is 67.3 cm³/mol. The average Bonchev–Trinajstić information content (AvgIpc) is 2.30. The number of benzene rings is 1. The van der Waals surface area contributed by atoms with Gasteiger partial charge < -0.3 is 5.11 Å². The molecule has 1 N–H and O–H groups in total. The molecule has 0 aliphatic rings. The molecule has 1 rings (SSSR count). The van der Waals surface area contributed by atoms with E-state index < -0.39 is 11.0 Å². The summed E-state index contributed by atoms with van der Waals surface area (Å²) in [6.45, 7) is 3.74. The molecule has 1 aromatic carbocycles. The molecule has 2 unspecified atom stereocenters. The predicted octanol–water partition coefficient (Wildman–Crippen LogP) is 3.20. The number of rotatable bonds is 5. The van der Waals surface area contributed by atoms with Crippen LogP contribution in [-0.2, 0) is 6.42 Å². The van der Waals surface area contributed by atoms with Gasteiger partial charge in [-0.2, -0.15) is 0 Å². The van der Waals surface area contributed by atoms with E-state index in [-0.39, 0.29) is 11.6 Å². The lowest BCUT2D eigenvalue weighted by Crippen LogP contribution is -2.19. The van der Waals surface area contributed by atoms with Crippen LogP contribution in [0.2, 0.25) is 5.02 Å². The molecule has 17 heavy (non-hydrogen) atoms. The van der Waals surface area contributed by atoms with Crippen molar-refractivity contribution in [1.82, 2.24) is 0 Å². The lowest BCUT2D eigenvalue weighted by atomic mass is 9.93. The van der Waals surface area contributed by atoms with Crippen molar-refractivity contribution in [2.45, 2.75) is 32.8 Å². The van der Waals surface area contributed by atoms with Crippen molar-refractivity contribution in [3.8, 4) is 0 Å². The van der Waals surface area contributed by atoms with Crippen LogP contribution in [0.1, 0.15) is 25.8 Å². The highest BCUT2D eigenvalue weighted by Crippen LogP contribution is 2.29. The summed E-state index contributed by atoms with van der Waals surface area (Å²) < 4.78 is 0. The number of nitro groups is 1. The second-order valence-electron chi connectivity index (χ2n) is 4.15. The number of nitro benzene ring substituents is 1. The molecule has 0 bridgehead atoms. The van der Waals surface area contributed by atoms with Crippen molar-refractivity contribution in [1.29, 1.82) is 0 Å². The van der Waals surface area contributed by atoms with Gasteiger partial charge in [-0.15, -0.1) is 0 Å². The van der Waals surface area contributed by atoms with Gasteiger partial charge in [-0.25, -0.2) is 0 Å². The molecule has 0 amide bonds. The fourth-order valence-corrected chi connectivity index (χ4v) is 2.03. The molecule has 0 aromatic heterocycles. The normalized spacial score (nSPS) is 14.4. The first-order valence-electron chi connectivity index (χ1n) is 5.57. The highest BCUT2D eigenvalue weighted by molar-refractivity contribution is 6.31. The fourth-order valence-electron chi connectivity index (χ4n) is 1.78. The Balaban J connectivity index is 3.00. The summed E-state index contributed by atoms with van der Waals surface area (Å²) in [4.78, 5) is 10.4. The van der Waals surface area contributed by atoms with Gasteiger partial charge in [0.25, 0.3) is 5.69 Å². The number of hydrogen-bond donors (Lipinski definition) is 1. The Kier molecular flexibility index (Phi) is 4.90. The summed E-state index contributed by atoms with van der Waals surface area (Å²) in [5.74, 6) is -0.0569. The summed E-state index contributed by atoms with van der Waals surface area (Å²) in [7, 11) is 0. The maximum atomic E-state index is 10.9. The smallest absolute Gasteiger partial charge is 0.274 e. The minimum atomic E-state index is -0.467. The van der Waals surface area contributed by atoms with Crippen LogP contribution in [0.4, 0.5) is 5.69 Å². The van der Waals surface area contributed by atoms with Gasteiger partial charge in [0.15, 0.2) is 0 Å². The van der Waals surface area contributed by atoms with E-state index >= 15 is 0 Å². The van der Waals surface area contributed by atoms with Gasteiger partial charge in [0, 0.05) is 11.6 Å². The van der Waals surface area contributed by atoms with Crippen molar-refractivity contribution in [2.24, 2.45) is 5.92 Å². The van der Waals surface area contributed by atoms with E-state index in [2.05, 4.69) is 0 Å². The summed E-state index contributed by atoms with van der Waals surface area (Å²) >= 11 is 5.98. The van der Waals surface area contributed by atoms with E-state index in [1.54, 1.807) is 12.1 Å². The van der Waals surface area contributed by atoms with Crippen molar-refractivity contribution in [3.63, 3.8) is 0 Å². The van der Waals surface area contributed by atoms with Crippen LogP contribution in [0, 0.1) is 16.0 Å². The maximum absolute atomic E-state index is 10.9. The third kappa shape index (κ3) is 3.41. The van der Waals surface area contributed by atoms with E-state index in [0.717, 1.165) is 0 Å². The first-order valence-corrected chi connectivity index (χ1v) is 5.95. The van der Waals surface area contributed by atoms with Crippen molar-refractivity contribution in [2.75, 3.05) is 0 Å². The van der Waals surface area contributed by atoms with Crippen LogP contribution in [0.15, 0.2) is 18.2 Å². The van der Waals surface area contributed by atoms with Crippen LogP contribution in [0.5, 0.6) is 0 Å². The molecule has 0 aliphatic carbocycles. The van der Waals surface area contributed by atoms with E-state index in [0.29, 0.717) is 23.4 Å². The van der Waals surface area contributed by atoms with E-state index in [1.165, 1.54) is 6.07 Å². The van der Waals surface area contributed by atoms with E-state index in [1.807, 2.05) is 13.8 Å². The Hall–Kier alpha value is -1.13. The van der Waals surface area contributed by atoms with Gasteiger partial charge in [0.1, 0.15) is 0 Å². The fraction of sp³-hybridized carbons (Fsp3) is 0.500. The van der Waals surface area contributed by atoms with Gasteiger partial charge in [-0.1, -0.05) is 31.5 Å². The van der Waals surface area contributed by atoms with Gasteiger partial charge in [0.05, 0.1) is 16.0 Å². The second-order valence-corrected chi connectivity index (χ2v) is 4.56. The van der Waals surface area contributed by atoms with Crippen molar-refractivity contribution >= 4 is 17.3 Å². The van der Waals surface area contributed by atoms with Crippen molar-refractivity contribution in [3.05, 3.63) is 38.9 Å². The lowest BCUT2D eigenvalue weighted by Gasteiger charge is -2.17. The first-order chi connectivity index (χ1) is 7.97. The largest absolute Gasteiger partial charge is 0.393 e. The van der Waals surface area contributed by atoms with Crippen LogP contribution >= 0.6 is 11.6 Å². The minimum Gasteiger partial charge on any atom is -0.393 e. The maximum Gasteiger partial charge on any atom is 0.274 e. The third-order valence-corrected chi connectivity index (χ3v) is 3.25. The standard InChI is InChI=1S/C12H16ClNO3/c1-3-12(15)8(2)7-9-10(13)5-4-6-11(9)14(16)17/h4-6,8,12,15H,3,7H2,1-2H3. The Morgan fingerprint density at radius 2 is 2.18 bits per heavy atom. The molecule has 0 radical (unpaired) electrons. The summed E-state index contributed by atoms with van der Waals surface area (Å²) in [6, 6.07) is 4.63. The number of halogens is 1. The number of aliphatic hydroxyl groups is 1. The molecular formula is C12H16ClNO3. The average molecular weight is 258 g/mol. The Morgan fingerprint density at radius 3 is 2.71 bits per heavy atom. The molecule has 0 spiro atoms. The van der Waals surface area contributed by atoms with E-state index in [4.69, 9.17) is 11.6 Å². The summed E-state index contributed by atoms with van der Waals surface area (Å²) in [6.07, 6.45) is 0.565. The molecule has 5 heteroatoms.